The molecule has 0 saturated heterocycles. The fourth-order valence-electron chi connectivity index (χ4n) is 2.32. The van der Waals surface area contributed by atoms with E-state index in [-0.39, 0.29) is 0 Å². The molecule has 3 heteroatoms. The second-order valence-corrected chi connectivity index (χ2v) is 6.08. The summed E-state index contributed by atoms with van der Waals surface area (Å²) in [5.41, 5.74) is 3.67. The Morgan fingerprint density at radius 1 is 0.818 bits per heavy atom. The SMILES string of the molecule is CN(C)CCOc1ccccc1-c1ccc(CN(C)C)cc1. The van der Waals surface area contributed by atoms with Gasteiger partial charge < -0.3 is 14.5 Å². The molecule has 0 aromatic heterocycles. The van der Waals surface area contributed by atoms with E-state index >= 15 is 0 Å². The van der Waals surface area contributed by atoms with Crippen LogP contribution in [0.4, 0.5) is 0 Å². The van der Waals surface area contributed by atoms with Crippen molar-refractivity contribution in [1.29, 1.82) is 0 Å². The van der Waals surface area contributed by atoms with E-state index < -0.39 is 0 Å². The number of ether oxygens (including phenoxy) is 1. The Kier molecular flexibility index (Phi) is 5.99. The molecule has 2 aromatic rings. The van der Waals surface area contributed by atoms with Crippen molar-refractivity contribution in [3.8, 4) is 16.9 Å². The van der Waals surface area contributed by atoms with Crippen molar-refractivity contribution in [2.75, 3.05) is 41.3 Å². The van der Waals surface area contributed by atoms with Crippen molar-refractivity contribution < 1.29 is 4.74 Å². The molecular weight excluding hydrogens is 272 g/mol. The summed E-state index contributed by atoms with van der Waals surface area (Å²) in [5.74, 6) is 0.949. The number of hydrogen-bond acceptors (Lipinski definition) is 3. The molecule has 0 N–H and O–H groups in total. The first-order valence-corrected chi connectivity index (χ1v) is 7.67. The van der Waals surface area contributed by atoms with Crippen molar-refractivity contribution >= 4 is 0 Å². The number of nitrogens with zero attached hydrogens (tertiary/aromatic N) is 2. The van der Waals surface area contributed by atoms with E-state index in [1.54, 1.807) is 0 Å². The van der Waals surface area contributed by atoms with E-state index in [0.29, 0.717) is 6.61 Å². The van der Waals surface area contributed by atoms with E-state index in [9.17, 15) is 0 Å². The van der Waals surface area contributed by atoms with Crippen LogP contribution < -0.4 is 4.74 Å². The maximum absolute atomic E-state index is 5.95. The largest absolute Gasteiger partial charge is 0.492 e. The molecule has 0 amide bonds. The van der Waals surface area contributed by atoms with E-state index in [2.05, 4.69) is 74.4 Å². The van der Waals surface area contributed by atoms with E-state index in [1.165, 1.54) is 11.1 Å². The molecule has 0 atom stereocenters. The fourth-order valence-corrected chi connectivity index (χ4v) is 2.32. The van der Waals surface area contributed by atoms with Crippen LogP contribution in [0.3, 0.4) is 0 Å². The predicted octanol–water partition coefficient (Wildman–Crippen LogP) is 3.36. The Morgan fingerprint density at radius 3 is 2.14 bits per heavy atom. The highest BCUT2D eigenvalue weighted by Gasteiger charge is 2.06. The Balaban J connectivity index is 2.14. The monoisotopic (exact) mass is 298 g/mol. The number of likely N-dealkylation sites (N-methyl/N-ethyl adjacent to an activating group) is 1. The maximum atomic E-state index is 5.95. The normalized spacial score (nSPS) is 11.2. The molecule has 2 aromatic carbocycles. The third-order valence-electron chi connectivity index (χ3n) is 3.45. The lowest BCUT2D eigenvalue weighted by Gasteiger charge is -2.15. The Labute approximate surface area is 134 Å². The summed E-state index contributed by atoms with van der Waals surface area (Å²) in [4.78, 5) is 4.30. The third-order valence-corrected chi connectivity index (χ3v) is 3.45. The maximum Gasteiger partial charge on any atom is 0.127 e. The summed E-state index contributed by atoms with van der Waals surface area (Å²) in [6.45, 7) is 2.57. The van der Waals surface area contributed by atoms with Gasteiger partial charge >= 0.3 is 0 Å². The molecule has 0 aliphatic rings. The van der Waals surface area contributed by atoms with Gasteiger partial charge in [-0.05, 0) is 45.4 Å². The van der Waals surface area contributed by atoms with Crippen molar-refractivity contribution in [2.24, 2.45) is 0 Å². The molecule has 0 radical (unpaired) electrons. The number of rotatable bonds is 7. The summed E-state index contributed by atoms with van der Waals surface area (Å²) in [5, 5.41) is 0. The minimum atomic E-state index is 0.697. The zero-order valence-corrected chi connectivity index (χ0v) is 14.0. The first-order chi connectivity index (χ1) is 10.6. The summed E-state index contributed by atoms with van der Waals surface area (Å²) in [7, 11) is 8.28. The van der Waals surface area contributed by atoms with Crippen LogP contribution in [0.5, 0.6) is 5.75 Å². The smallest absolute Gasteiger partial charge is 0.127 e. The molecule has 0 unspecified atom stereocenters. The van der Waals surface area contributed by atoms with Crippen LogP contribution in [0.1, 0.15) is 5.56 Å². The minimum absolute atomic E-state index is 0.697. The summed E-state index contributed by atoms with van der Waals surface area (Å²) < 4.78 is 5.95. The van der Waals surface area contributed by atoms with Gasteiger partial charge in [-0.15, -0.1) is 0 Å². The lowest BCUT2D eigenvalue weighted by Crippen LogP contribution is -2.19. The highest BCUT2D eigenvalue weighted by molar-refractivity contribution is 5.70. The van der Waals surface area contributed by atoms with Gasteiger partial charge in [0.05, 0.1) is 0 Å². The van der Waals surface area contributed by atoms with E-state index in [1.807, 2.05) is 12.1 Å². The molecule has 0 fully saturated rings. The molecule has 0 saturated carbocycles. The van der Waals surface area contributed by atoms with Crippen LogP contribution in [-0.4, -0.2) is 51.1 Å². The lowest BCUT2D eigenvalue weighted by molar-refractivity contribution is 0.262. The van der Waals surface area contributed by atoms with Gasteiger partial charge in [-0.1, -0.05) is 42.5 Å². The lowest BCUT2D eigenvalue weighted by atomic mass is 10.0. The number of para-hydroxylation sites is 1. The highest BCUT2D eigenvalue weighted by atomic mass is 16.5. The van der Waals surface area contributed by atoms with Crippen molar-refractivity contribution in [3.63, 3.8) is 0 Å². The molecule has 2 rings (SSSR count). The Hall–Kier alpha value is -1.84. The zero-order valence-electron chi connectivity index (χ0n) is 14.0. The Morgan fingerprint density at radius 2 is 1.50 bits per heavy atom. The van der Waals surface area contributed by atoms with Gasteiger partial charge in [0.2, 0.25) is 0 Å². The second kappa shape index (κ2) is 7.97. The molecule has 0 spiro atoms. The van der Waals surface area contributed by atoms with Gasteiger partial charge in [-0.2, -0.15) is 0 Å². The van der Waals surface area contributed by atoms with Gasteiger partial charge in [0.25, 0.3) is 0 Å². The first-order valence-electron chi connectivity index (χ1n) is 7.67. The quantitative estimate of drug-likeness (QED) is 0.779. The first kappa shape index (κ1) is 16.5. The highest BCUT2D eigenvalue weighted by Crippen LogP contribution is 2.30. The molecule has 0 aliphatic heterocycles. The standard InChI is InChI=1S/C19H26N2O/c1-20(2)13-14-22-19-8-6-5-7-18(19)17-11-9-16(10-12-17)15-21(3)4/h5-12H,13-15H2,1-4H3. The van der Waals surface area contributed by atoms with E-state index in [0.717, 1.165) is 24.4 Å². The molecule has 3 nitrogen and oxygen atoms in total. The van der Waals surface area contributed by atoms with Gasteiger partial charge in [0, 0.05) is 18.7 Å². The Bertz CT molecular complexity index is 576. The van der Waals surface area contributed by atoms with Crippen LogP contribution in [0.25, 0.3) is 11.1 Å². The topological polar surface area (TPSA) is 15.7 Å². The fraction of sp³-hybridized carbons (Fsp3) is 0.368. The number of benzene rings is 2. The summed E-state index contributed by atoms with van der Waals surface area (Å²) in [6, 6.07) is 17.0. The molecule has 22 heavy (non-hydrogen) atoms. The van der Waals surface area contributed by atoms with Crippen LogP contribution in [0.15, 0.2) is 48.5 Å². The van der Waals surface area contributed by atoms with Gasteiger partial charge in [0.15, 0.2) is 0 Å². The van der Waals surface area contributed by atoms with Crippen LogP contribution in [0, 0.1) is 0 Å². The van der Waals surface area contributed by atoms with Crippen molar-refractivity contribution in [1.82, 2.24) is 9.80 Å². The van der Waals surface area contributed by atoms with Crippen LogP contribution in [-0.2, 0) is 6.54 Å². The minimum Gasteiger partial charge on any atom is -0.492 e. The summed E-state index contributed by atoms with van der Waals surface area (Å²) >= 11 is 0. The van der Waals surface area contributed by atoms with E-state index in [4.69, 9.17) is 4.74 Å². The molecular formula is C19H26N2O. The van der Waals surface area contributed by atoms with Crippen molar-refractivity contribution in [2.45, 2.75) is 6.54 Å². The second-order valence-electron chi connectivity index (χ2n) is 6.08. The molecule has 0 aliphatic carbocycles. The molecule has 0 bridgehead atoms. The third kappa shape index (κ3) is 4.86. The van der Waals surface area contributed by atoms with Crippen LogP contribution >= 0.6 is 0 Å². The van der Waals surface area contributed by atoms with Crippen LogP contribution in [0.2, 0.25) is 0 Å². The number of hydrogen-bond donors (Lipinski definition) is 0. The zero-order chi connectivity index (χ0) is 15.9. The van der Waals surface area contributed by atoms with Gasteiger partial charge in [-0.25, -0.2) is 0 Å². The predicted molar refractivity (Wildman–Crippen MR) is 93.3 cm³/mol. The average molecular weight is 298 g/mol. The summed E-state index contributed by atoms with van der Waals surface area (Å²) in [6.07, 6.45) is 0. The molecule has 118 valence electrons. The van der Waals surface area contributed by atoms with Gasteiger partial charge in [-0.3, -0.25) is 0 Å². The average Bonchev–Trinajstić information content (AvgIpc) is 2.48. The van der Waals surface area contributed by atoms with Gasteiger partial charge in [0.1, 0.15) is 12.4 Å². The van der Waals surface area contributed by atoms with Crippen molar-refractivity contribution in [3.05, 3.63) is 54.1 Å². The molecule has 0 heterocycles.